The lowest BCUT2D eigenvalue weighted by molar-refractivity contribution is 1.67. The highest BCUT2D eigenvalue weighted by atomic mass is 31.0. The maximum absolute atomic E-state index is 3.63. The van der Waals surface area contributed by atoms with Gasteiger partial charge < -0.3 is 0 Å². The molecule has 0 saturated carbocycles. The number of benzene rings is 1. The summed E-state index contributed by atoms with van der Waals surface area (Å²) in [4.78, 5) is 0. The Morgan fingerprint density at radius 2 is 1.31 bits per heavy atom. The van der Waals surface area contributed by atoms with Crippen molar-refractivity contribution in [2.75, 3.05) is 0 Å². The summed E-state index contributed by atoms with van der Waals surface area (Å²) in [5.74, 6) is 0. The molecular weight excluding hydrogens is 175 g/mol. The molecule has 1 aromatic rings. The third-order valence-electron chi connectivity index (χ3n) is 1.20. The van der Waals surface area contributed by atoms with Crippen LogP contribution in [0.4, 0.5) is 0 Å². The first-order valence-electron chi connectivity index (χ1n) is 3.76. The van der Waals surface area contributed by atoms with E-state index < -0.39 is 0 Å². The summed E-state index contributed by atoms with van der Waals surface area (Å²) in [6, 6.07) is 10.0. The maximum Gasteiger partial charge on any atom is -0.0263 e. The maximum atomic E-state index is 3.63. The van der Waals surface area contributed by atoms with E-state index in [0.29, 0.717) is 0 Å². The largest absolute Gasteiger partial charge is 0.153 e. The van der Waals surface area contributed by atoms with Crippen molar-refractivity contribution < 1.29 is 0 Å². The molecule has 0 nitrogen and oxygen atoms in total. The molecule has 0 aliphatic heterocycles. The lowest BCUT2D eigenvalue weighted by atomic mass is 10.2. The molecule has 0 aliphatic carbocycles. The fourth-order valence-corrected chi connectivity index (χ4v) is 0.589. The van der Waals surface area contributed by atoms with Gasteiger partial charge in [-0.2, -0.15) is 9.90 Å². The highest BCUT2D eigenvalue weighted by Gasteiger charge is 1.75. The fourth-order valence-electron chi connectivity index (χ4n) is 0.589. The molecule has 13 heavy (non-hydrogen) atoms. The van der Waals surface area contributed by atoms with Crippen LogP contribution < -0.4 is 0 Å². The lowest BCUT2D eigenvalue weighted by Gasteiger charge is -1.85. The molecular formula is C12H17P. The van der Waals surface area contributed by atoms with Gasteiger partial charge in [0, 0.05) is 0 Å². The van der Waals surface area contributed by atoms with Crippen LogP contribution in [0.3, 0.4) is 0 Å². The van der Waals surface area contributed by atoms with Crippen molar-refractivity contribution in [1.82, 2.24) is 0 Å². The first kappa shape index (κ1) is 14.4. The molecule has 0 fully saturated rings. The van der Waals surface area contributed by atoms with E-state index in [-0.39, 0.29) is 9.90 Å². The molecule has 1 aromatic carbocycles. The summed E-state index contributed by atoms with van der Waals surface area (Å²) in [5.41, 5.74) is 1.17. The van der Waals surface area contributed by atoms with Crippen LogP contribution in [-0.4, -0.2) is 0 Å². The number of hydrogen-bond donors (Lipinski definition) is 0. The topological polar surface area (TPSA) is 0 Å². The van der Waals surface area contributed by atoms with E-state index >= 15 is 0 Å². The minimum atomic E-state index is 0. The van der Waals surface area contributed by atoms with Gasteiger partial charge in [0.15, 0.2) is 0 Å². The summed E-state index contributed by atoms with van der Waals surface area (Å²) in [5, 5.41) is 0. The van der Waals surface area contributed by atoms with Gasteiger partial charge in [0.05, 0.1) is 0 Å². The summed E-state index contributed by atoms with van der Waals surface area (Å²) in [7, 11) is 0. The average molecular weight is 192 g/mol. The van der Waals surface area contributed by atoms with E-state index in [0.717, 1.165) is 0 Å². The molecule has 0 aromatic heterocycles. The molecule has 0 radical (unpaired) electrons. The van der Waals surface area contributed by atoms with Crippen LogP contribution in [-0.2, 0) is 0 Å². The first-order valence-corrected chi connectivity index (χ1v) is 3.76. The quantitative estimate of drug-likeness (QED) is 0.494. The SMILES string of the molecule is C=CC=C.C=Cc1ccccc1.P. The zero-order valence-electron chi connectivity index (χ0n) is 7.95. The Hall–Kier alpha value is -1.13. The van der Waals surface area contributed by atoms with Gasteiger partial charge in [-0.05, 0) is 5.56 Å². The number of rotatable bonds is 2. The minimum absolute atomic E-state index is 0. The van der Waals surface area contributed by atoms with Crippen LogP contribution in [0, 0.1) is 0 Å². The monoisotopic (exact) mass is 192 g/mol. The molecule has 1 unspecified atom stereocenters. The predicted molar refractivity (Wildman–Crippen MR) is 68.0 cm³/mol. The summed E-state index contributed by atoms with van der Waals surface area (Å²) >= 11 is 0. The van der Waals surface area contributed by atoms with Crippen LogP contribution >= 0.6 is 9.90 Å². The second-order valence-corrected chi connectivity index (χ2v) is 2.09. The Labute approximate surface area is 84.3 Å². The Kier molecular flexibility index (Phi) is 12.0. The van der Waals surface area contributed by atoms with Crippen molar-refractivity contribution in [3.05, 3.63) is 67.8 Å². The molecule has 0 heterocycles. The summed E-state index contributed by atoms with van der Waals surface area (Å²) in [6.07, 6.45) is 5.11. The first-order chi connectivity index (χ1) is 5.85. The summed E-state index contributed by atoms with van der Waals surface area (Å²) < 4.78 is 0. The van der Waals surface area contributed by atoms with Gasteiger partial charge in [0.25, 0.3) is 0 Å². The van der Waals surface area contributed by atoms with Gasteiger partial charge in [-0.3, -0.25) is 0 Å². The van der Waals surface area contributed by atoms with E-state index in [4.69, 9.17) is 0 Å². The molecule has 0 spiro atoms. The van der Waals surface area contributed by atoms with Crippen LogP contribution in [0.2, 0.25) is 0 Å². The van der Waals surface area contributed by atoms with E-state index in [9.17, 15) is 0 Å². The highest BCUT2D eigenvalue weighted by molar-refractivity contribution is 6.92. The van der Waals surface area contributed by atoms with Gasteiger partial charge in [-0.15, -0.1) is 0 Å². The zero-order chi connectivity index (χ0) is 9.23. The molecule has 0 bridgehead atoms. The molecule has 70 valence electrons. The number of hydrogen-bond acceptors (Lipinski definition) is 0. The van der Waals surface area contributed by atoms with E-state index in [2.05, 4.69) is 19.7 Å². The molecule has 0 amide bonds. The molecule has 0 saturated heterocycles. The molecule has 1 rings (SSSR count). The molecule has 1 heteroatoms. The van der Waals surface area contributed by atoms with Gasteiger partial charge >= 0.3 is 0 Å². The highest BCUT2D eigenvalue weighted by Crippen LogP contribution is 1.97. The van der Waals surface area contributed by atoms with Crippen LogP contribution in [0.5, 0.6) is 0 Å². The van der Waals surface area contributed by atoms with Crippen LogP contribution in [0.25, 0.3) is 6.08 Å². The third kappa shape index (κ3) is 8.78. The lowest BCUT2D eigenvalue weighted by Crippen LogP contribution is -1.63. The van der Waals surface area contributed by atoms with E-state index in [1.54, 1.807) is 12.2 Å². The third-order valence-corrected chi connectivity index (χ3v) is 1.20. The summed E-state index contributed by atoms with van der Waals surface area (Å²) in [6.45, 7) is 10.4. The van der Waals surface area contributed by atoms with Crippen molar-refractivity contribution in [2.24, 2.45) is 0 Å². The second kappa shape index (κ2) is 10.9. The zero-order valence-corrected chi connectivity index (χ0v) is 9.36. The Bertz CT molecular complexity index is 231. The van der Waals surface area contributed by atoms with E-state index in [1.165, 1.54) is 5.56 Å². The fraction of sp³-hybridized carbons (Fsp3) is 0. The van der Waals surface area contributed by atoms with Gasteiger partial charge in [-0.1, -0.05) is 68.3 Å². The minimum Gasteiger partial charge on any atom is -0.153 e. The van der Waals surface area contributed by atoms with Crippen molar-refractivity contribution >= 4 is 16.0 Å². The van der Waals surface area contributed by atoms with Crippen molar-refractivity contribution in [3.63, 3.8) is 0 Å². The average Bonchev–Trinajstić information content (AvgIpc) is 2.19. The number of allylic oxidation sites excluding steroid dienone is 2. The Morgan fingerprint density at radius 3 is 1.54 bits per heavy atom. The van der Waals surface area contributed by atoms with Crippen molar-refractivity contribution in [1.29, 1.82) is 0 Å². The van der Waals surface area contributed by atoms with Crippen molar-refractivity contribution in [2.45, 2.75) is 0 Å². The normalized spacial score (nSPS) is 6.77. The second-order valence-electron chi connectivity index (χ2n) is 2.09. The van der Waals surface area contributed by atoms with Crippen LogP contribution in [0.1, 0.15) is 5.56 Å². The van der Waals surface area contributed by atoms with Crippen LogP contribution in [0.15, 0.2) is 62.2 Å². The molecule has 0 N–H and O–H groups in total. The smallest absolute Gasteiger partial charge is 0.0263 e. The standard InChI is InChI=1S/C8H8.C4H6.H3P/c1-2-8-6-4-3-5-7-8;1-3-4-2;/h2-7H,1H2;3-4H,1-2H2;1H3. The van der Waals surface area contributed by atoms with Gasteiger partial charge in [-0.25, -0.2) is 0 Å². The van der Waals surface area contributed by atoms with E-state index in [1.807, 2.05) is 36.4 Å². The van der Waals surface area contributed by atoms with Gasteiger partial charge in [0.2, 0.25) is 0 Å². The predicted octanol–water partition coefficient (Wildman–Crippen LogP) is 3.75. The van der Waals surface area contributed by atoms with Crippen molar-refractivity contribution in [3.8, 4) is 0 Å². The molecule has 0 aliphatic rings. The van der Waals surface area contributed by atoms with Gasteiger partial charge in [0.1, 0.15) is 0 Å². The molecule has 1 atom stereocenters. The Morgan fingerprint density at radius 1 is 0.846 bits per heavy atom. The Balaban J connectivity index is 0.